The van der Waals surface area contributed by atoms with E-state index in [1.165, 1.54) is 0 Å². The van der Waals surface area contributed by atoms with Crippen LogP contribution in [0.25, 0.3) is 0 Å². The smallest absolute Gasteiger partial charge is 0.0880 e. The highest BCUT2D eigenvalue weighted by atomic mass is 16.5. The minimum absolute atomic E-state index is 0.322. The molecule has 0 bridgehead atoms. The molecule has 0 aliphatic heterocycles. The predicted molar refractivity (Wildman–Crippen MR) is 65.7 cm³/mol. The van der Waals surface area contributed by atoms with Crippen molar-refractivity contribution in [2.75, 3.05) is 25.7 Å². The van der Waals surface area contributed by atoms with Gasteiger partial charge in [-0.2, -0.15) is 5.11 Å². The van der Waals surface area contributed by atoms with Crippen molar-refractivity contribution in [2.24, 2.45) is 5.11 Å². The molecule has 1 N–H and O–H groups in total. The normalized spacial score (nSPS) is 12.2. The van der Waals surface area contributed by atoms with E-state index in [9.17, 15) is 0 Å². The van der Waals surface area contributed by atoms with Crippen LogP contribution in [0.3, 0.4) is 0 Å². The number of likely N-dealkylation sites (N-methyl/N-ethyl adjacent to an activating group) is 1. The second-order valence-electron chi connectivity index (χ2n) is 4.00. The van der Waals surface area contributed by atoms with E-state index in [0.29, 0.717) is 12.6 Å². The molecular formula is C12H19N3O. The summed E-state index contributed by atoms with van der Waals surface area (Å²) in [6, 6.07) is 6.21. The van der Waals surface area contributed by atoms with Gasteiger partial charge in [0, 0.05) is 25.9 Å². The van der Waals surface area contributed by atoms with E-state index in [1.54, 1.807) is 7.11 Å². The van der Waals surface area contributed by atoms with Crippen LogP contribution in [0.2, 0.25) is 0 Å². The van der Waals surface area contributed by atoms with Gasteiger partial charge in [0.2, 0.25) is 0 Å². The number of benzene rings is 1. The SMILES string of the molecule is COCC(C)N(C)c1ccc(N=N)c(C)c1. The molecule has 4 nitrogen and oxygen atoms in total. The van der Waals surface area contributed by atoms with Gasteiger partial charge in [-0.15, -0.1) is 0 Å². The topological polar surface area (TPSA) is 48.7 Å². The van der Waals surface area contributed by atoms with Crippen molar-refractivity contribution in [3.05, 3.63) is 23.8 Å². The number of aryl methyl sites for hydroxylation is 1. The maximum atomic E-state index is 7.00. The van der Waals surface area contributed by atoms with Crippen LogP contribution in [-0.4, -0.2) is 26.8 Å². The number of rotatable bonds is 5. The van der Waals surface area contributed by atoms with Crippen LogP contribution >= 0.6 is 0 Å². The Morgan fingerprint density at radius 1 is 1.50 bits per heavy atom. The van der Waals surface area contributed by atoms with Gasteiger partial charge in [-0.25, -0.2) is 5.53 Å². The monoisotopic (exact) mass is 221 g/mol. The van der Waals surface area contributed by atoms with E-state index < -0.39 is 0 Å². The van der Waals surface area contributed by atoms with Crippen LogP contribution in [-0.2, 0) is 4.74 Å². The Hall–Kier alpha value is -1.42. The lowest BCUT2D eigenvalue weighted by Crippen LogP contribution is -2.32. The third-order valence-corrected chi connectivity index (χ3v) is 2.78. The molecule has 0 aromatic heterocycles. The zero-order valence-corrected chi connectivity index (χ0v) is 10.3. The Kier molecular flexibility index (Phi) is 4.43. The zero-order valence-electron chi connectivity index (χ0n) is 10.3. The van der Waals surface area contributed by atoms with E-state index in [1.807, 2.05) is 32.2 Å². The van der Waals surface area contributed by atoms with Crippen LogP contribution in [0.5, 0.6) is 0 Å². The van der Waals surface area contributed by atoms with Crippen molar-refractivity contribution in [1.29, 1.82) is 5.53 Å². The highest BCUT2D eigenvalue weighted by Crippen LogP contribution is 2.24. The molecule has 1 aromatic rings. The van der Waals surface area contributed by atoms with Gasteiger partial charge in [-0.1, -0.05) is 0 Å². The van der Waals surface area contributed by atoms with Crippen molar-refractivity contribution in [3.8, 4) is 0 Å². The highest BCUT2D eigenvalue weighted by Gasteiger charge is 2.10. The summed E-state index contributed by atoms with van der Waals surface area (Å²) in [6.07, 6.45) is 0. The summed E-state index contributed by atoms with van der Waals surface area (Å²) in [5.74, 6) is 0. The van der Waals surface area contributed by atoms with Gasteiger partial charge in [-0.3, -0.25) is 0 Å². The molecule has 1 atom stereocenters. The molecule has 0 saturated heterocycles. The van der Waals surface area contributed by atoms with Crippen LogP contribution in [0.1, 0.15) is 12.5 Å². The first-order chi connectivity index (χ1) is 7.60. The fraction of sp³-hybridized carbons (Fsp3) is 0.500. The molecule has 0 heterocycles. The lowest BCUT2D eigenvalue weighted by Gasteiger charge is -2.26. The number of hydrogen-bond donors (Lipinski definition) is 1. The molecule has 1 unspecified atom stereocenters. The summed E-state index contributed by atoms with van der Waals surface area (Å²) in [6.45, 7) is 4.77. The summed E-state index contributed by atoms with van der Waals surface area (Å²) >= 11 is 0. The maximum Gasteiger partial charge on any atom is 0.0880 e. The fourth-order valence-electron chi connectivity index (χ4n) is 1.59. The molecule has 1 rings (SSSR count). The van der Waals surface area contributed by atoms with Crippen molar-refractivity contribution < 1.29 is 4.74 Å². The van der Waals surface area contributed by atoms with Gasteiger partial charge < -0.3 is 9.64 Å². The van der Waals surface area contributed by atoms with Gasteiger partial charge in [0.05, 0.1) is 12.3 Å². The predicted octanol–water partition coefficient (Wildman–Crippen LogP) is 3.13. The molecule has 4 heteroatoms. The van der Waals surface area contributed by atoms with Crippen LogP contribution < -0.4 is 4.90 Å². The second-order valence-corrected chi connectivity index (χ2v) is 4.00. The van der Waals surface area contributed by atoms with Crippen molar-refractivity contribution >= 4 is 11.4 Å². The highest BCUT2D eigenvalue weighted by molar-refractivity contribution is 5.57. The van der Waals surface area contributed by atoms with E-state index in [0.717, 1.165) is 16.9 Å². The maximum absolute atomic E-state index is 7.00. The van der Waals surface area contributed by atoms with Crippen molar-refractivity contribution in [2.45, 2.75) is 19.9 Å². The van der Waals surface area contributed by atoms with Crippen LogP contribution in [0.15, 0.2) is 23.3 Å². The molecule has 0 fully saturated rings. The molecular weight excluding hydrogens is 202 g/mol. The summed E-state index contributed by atoms with van der Waals surface area (Å²) in [7, 11) is 3.74. The quantitative estimate of drug-likeness (QED) is 0.776. The second kappa shape index (κ2) is 5.61. The van der Waals surface area contributed by atoms with E-state index >= 15 is 0 Å². The summed E-state index contributed by atoms with van der Waals surface area (Å²) < 4.78 is 5.13. The molecule has 0 aliphatic carbocycles. The Morgan fingerprint density at radius 3 is 2.69 bits per heavy atom. The van der Waals surface area contributed by atoms with Gasteiger partial charge in [0.15, 0.2) is 0 Å². The Morgan fingerprint density at radius 2 is 2.19 bits per heavy atom. The summed E-state index contributed by atoms with van der Waals surface area (Å²) in [4.78, 5) is 2.16. The average molecular weight is 221 g/mol. The molecule has 88 valence electrons. The molecule has 0 saturated carbocycles. The third kappa shape index (κ3) is 2.79. The number of nitrogens with zero attached hydrogens (tertiary/aromatic N) is 2. The number of methoxy groups -OCH3 is 1. The van der Waals surface area contributed by atoms with Gasteiger partial charge >= 0.3 is 0 Å². The van der Waals surface area contributed by atoms with E-state index in [4.69, 9.17) is 10.3 Å². The molecule has 16 heavy (non-hydrogen) atoms. The first kappa shape index (κ1) is 12.6. The summed E-state index contributed by atoms with van der Waals surface area (Å²) in [5, 5.41) is 3.46. The number of anilines is 1. The van der Waals surface area contributed by atoms with Gasteiger partial charge in [0.25, 0.3) is 0 Å². The minimum Gasteiger partial charge on any atom is -0.383 e. The number of hydrogen-bond acceptors (Lipinski definition) is 4. The largest absolute Gasteiger partial charge is 0.383 e. The first-order valence-electron chi connectivity index (χ1n) is 5.30. The van der Waals surface area contributed by atoms with E-state index in [-0.39, 0.29) is 0 Å². The lowest BCUT2D eigenvalue weighted by atomic mass is 10.1. The Bertz CT molecular complexity index is 365. The third-order valence-electron chi connectivity index (χ3n) is 2.78. The zero-order chi connectivity index (χ0) is 12.1. The summed E-state index contributed by atoms with van der Waals surface area (Å²) in [5.41, 5.74) is 9.86. The Balaban J connectivity index is 2.88. The van der Waals surface area contributed by atoms with E-state index in [2.05, 4.69) is 16.9 Å². The first-order valence-corrected chi connectivity index (χ1v) is 5.30. The molecule has 0 amide bonds. The lowest BCUT2D eigenvalue weighted by molar-refractivity contribution is 0.183. The van der Waals surface area contributed by atoms with Crippen LogP contribution in [0, 0.1) is 12.5 Å². The van der Waals surface area contributed by atoms with Crippen molar-refractivity contribution in [3.63, 3.8) is 0 Å². The van der Waals surface area contributed by atoms with Gasteiger partial charge in [-0.05, 0) is 37.6 Å². The standard InChI is InChI=1S/C12H19N3O/c1-9-7-11(5-6-12(9)14-13)15(3)10(2)8-16-4/h5-7,10,13H,8H2,1-4H3. The molecule has 0 aliphatic rings. The average Bonchev–Trinajstić information content (AvgIpc) is 2.28. The minimum atomic E-state index is 0.322. The number of ether oxygens (including phenoxy) is 1. The van der Waals surface area contributed by atoms with Gasteiger partial charge in [0.1, 0.15) is 0 Å². The molecule has 0 spiro atoms. The Labute approximate surface area is 96.7 Å². The number of nitrogens with one attached hydrogen (secondary N) is 1. The molecule has 0 radical (unpaired) electrons. The van der Waals surface area contributed by atoms with Crippen LogP contribution in [0.4, 0.5) is 11.4 Å². The fourth-order valence-corrected chi connectivity index (χ4v) is 1.59. The molecule has 1 aromatic carbocycles. The van der Waals surface area contributed by atoms with Crippen molar-refractivity contribution in [1.82, 2.24) is 0 Å².